The number of carbonyl (C=O) groups is 1. The summed E-state index contributed by atoms with van der Waals surface area (Å²) in [5.41, 5.74) is 3.13. The van der Waals surface area contributed by atoms with E-state index in [0.29, 0.717) is 47.8 Å². The molecular formula is C22H22ClN3O3. The lowest BCUT2D eigenvalue weighted by molar-refractivity contribution is -0.117. The topological polar surface area (TPSA) is 74.4 Å². The van der Waals surface area contributed by atoms with E-state index >= 15 is 0 Å². The lowest BCUT2D eigenvalue weighted by atomic mass is 10.0. The summed E-state index contributed by atoms with van der Waals surface area (Å²) in [5.74, 6) is 0.655. The number of halogens is 1. The fourth-order valence-electron chi connectivity index (χ4n) is 3.64. The molecule has 0 unspecified atom stereocenters. The smallest absolute Gasteiger partial charge is 0.238 e. The van der Waals surface area contributed by atoms with Gasteiger partial charge in [-0.05, 0) is 49.4 Å². The summed E-state index contributed by atoms with van der Waals surface area (Å²) in [5, 5.41) is 4.01. The fraction of sp³-hybridized carbons (Fsp3) is 0.273. The number of benzene rings is 2. The van der Waals surface area contributed by atoms with Gasteiger partial charge in [0.05, 0.1) is 13.2 Å². The highest BCUT2D eigenvalue weighted by Crippen LogP contribution is 2.21. The van der Waals surface area contributed by atoms with Crippen LogP contribution in [0.5, 0.6) is 5.75 Å². The number of nitrogens with one attached hydrogen (secondary N) is 2. The van der Waals surface area contributed by atoms with Crippen LogP contribution in [0.25, 0.3) is 10.9 Å². The number of anilines is 1. The van der Waals surface area contributed by atoms with Crippen molar-refractivity contribution in [3.63, 3.8) is 0 Å². The van der Waals surface area contributed by atoms with Crippen LogP contribution >= 0.6 is 11.6 Å². The minimum absolute atomic E-state index is 0.0205. The van der Waals surface area contributed by atoms with Gasteiger partial charge in [0.25, 0.3) is 0 Å². The number of ether oxygens (including phenoxy) is 1. The van der Waals surface area contributed by atoms with Gasteiger partial charge >= 0.3 is 0 Å². The van der Waals surface area contributed by atoms with Crippen molar-refractivity contribution in [2.45, 2.75) is 19.9 Å². The van der Waals surface area contributed by atoms with E-state index in [0.717, 1.165) is 17.0 Å². The predicted molar refractivity (Wildman–Crippen MR) is 115 cm³/mol. The van der Waals surface area contributed by atoms with Gasteiger partial charge in [0.1, 0.15) is 5.75 Å². The average molecular weight is 412 g/mol. The van der Waals surface area contributed by atoms with Crippen LogP contribution in [0.4, 0.5) is 5.69 Å². The molecule has 1 aromatic heterocycles. The summed E-state index contributed by atoms with van der Waals surface area (Å²) in [7, 11) is 0. The quantitative estimate of drug-likeness (QED) is 0.673. The molecule has 0 bridgehead atoms. The first-order valence-electron chi connectivity index (χ1n) is 9.62. The van der Waals surface area contributed by atoms with E-state index in [1.165, 1.54) is 0 Å². The molecule has 7 heteroatoms. The first-order chi connectivity index (χ1) is 14.0. The third kappa shape index (κ3) is 4.28. The molecule has 0 saturated heterocycles. The molecule has 2 N–H and O–H groups in total. The molecule has 0 radical (unpaired) electrons. The number of nitrogens with zero attached hydrogens (tertiary/aromatic N) is 1. The van der Waals surface area contributed by atoms with Crippen molar-refractivity contribution >= 4 is 34.1 Å². The van der Waals surface area contributed by atoms with Crippen LogP contribution in [-0.2, 0) is 17.8 Å². The number of rotatable bonds is 5. The van der Waals surface area contributed by atoms with E-state index in [1.807, 2.05) is 42.2 Å². The maximum Gasteiger partial charge on any atom is 0.238 e. The molecule has 1 amide bonds. The molecule has 2 heterocycles. The molecule has 0 atom stereocenters. The van der Waals surface area contributed by atoms with Crippen molar-refractivity contribution in [2.24, 2.45) is 0 Å². The first-order valence-corrected chi connectivity index (χ1v) is 9.99. The number of aromatic amines is 1. The molecule has 1 aliphatic heterocycles. The summed E-state index contributed by atoms with van der Waals surface area (Å²) in [6, 6.07) is 12.6. The molecule has 1 aliphatic rings. The third-order valence-corrected chi connectivity index (χ3v) is 5.26. The molecule has 0 saturated carbocycles. The van der Waals surface area contributed by atoms with E-state index in [1.54, 1.807) is 12.1 Å². The molecule has 29 heavy (non-hydrogen) atoms. The molecular weight excluding hydrogens is 390 g/mol. The molecule has 3 aromatic rings. The van der Waals surface area contributed by atoms with E-state index < -0.39 is 0 Å². The van der Waals surface area contributed by atoms with Crippen LogP contribution in [0.3, 0.4) is 0 Å². The van der Waals surface area contributed by atoms with Crippen molar-refractivity contribution in [1.29, 1.82) is 0 Å². The zero-order chi connectivity index (χ0) is 20.4. The van der Waals surface area contributed by atoms with E-state index in [4.69, 9.17) is 16.3 Å². The fourth-order valence-corrected chi connectivity index (χ4v) is 3.82. The second kappa shape index (κ2) is 8.27. The Kier molecular flexibility index (Phi) is 5.56. The molecule has 6 nitrogen and oxygen atoms in total. The summed E-state index contributed by atoms with van der Waals surface area (Å²) in [4.78, 5) is 30.7. The van der Waals surface area contributed by atoms with Gasteiger partial charge in [-0.1, -0.05) is 11.6 Å². The zero-order valence-corrected chi connectivity index (χ0v) is 16.9. The molecule has 0 aliphatic carbocycles. The molecule has 2 aromatic carbocycles. The number of hydrogen-bond donors (Lipinski definition) is 2. The summed E-state index contributed by atoms with van der Waals surface area (Å²) < 4.78 is 5.41. The van der Waals surface area contributed by atoms with Crippen molar-refractivity contribution in [3.05, 3.63) is 69.0 Å². The molecule has 150 valence electrons. The van der Waals surface area contributed by atoms with Gasteiger partial charge in [0, 0.05) is 52.4 Å². The van der Waals surface area contributed by atoms with Crippen LogP contribution in [0.2, 0.25) is 5.02 Å². The van der Waals surface area contributed by atoms with Crippen LogP contribution in [0, 0.1) is 0 Å². The molecule has 4 rings (SSSR count). The number of H-pyrrole nitrogens is 1. The van der Waals surface area contributed by atoms with Crippen molar-refractivity contribution in [1.82, 2.24) is 9.88 Å². The van der Waals surface area contributed by atoms with Gasteiger partial charge in [0.2, 0.25) is 5.91 Å². The minimum Gasteiger partial charge on any atom is -0.494 e. The lowest BCUT2D eigenvalue weighted by Crippen LogP contribution is -2.39. The summed E-state index contributed by atoms with van der Waals surface area (Å²) in [6.45, 7) is 3.89. The zero-order valence-electron chi connectivity index (χ0n) is 16.1. The van der Waals surface area contributed by atoms with Gasteiger partial charge in [-0.15, -0.1) is 0 Å². The van der Waals surface area contributed by atoms with Gasteiger partial charge in [-0.2, -0.15) is 0 Å². The Morgan fingerprint density at radius 1 is 1.24 bits per heavy atom. The Morgan fingerprint density at radius 3 is 2.79 bits per heavy atom. The number of pyridine rings is 1. The predicted octanol–water partition coefficient (Wildman–Crippen LogP) is 3.58. The molecule has 0 spiro atoms. The SMILES string of the molecule is CCOc1ccc(NC(=O)CN2CCc3[nH]c4ccc(Cl)cc4c(=O)c3C2)cc1. The monoisotopic (exact) mass is 411 g/mol. The maximum absolute atomic E-state index is 12.9. The molecule has 0 fully saturated rings. The number of carbonyl (C=O) groups excluding carboxylic acids is 1. The van der Waals surface area contributed by atoms with Crippen molar-refractivity contribution in [3.8, 4) is 5.75 Å². The standard InChI is InChI=1S/C22H22ClN3O3/c1-2-29-16-6-4-15(5-7-16)24-21(27)13-26-10-9-20-18(12-26)22(28)17-11-14(23)3-8-19(17)25-20/h3-8,11H,2,9-10,12-13H2,1H3,(H,24,27)(H,25,28). The number of hydrogen-bond acceptors (Lipinski definition) is 4. The highest BCUT2D eigenvalue weighted by atomic mass is 35.5. The number of aromatic nitrogens is 1. The summed E-state index contributed by atoms with van der Waals surface area (Å²) in [6.07, 6.45) is 0.694. The van der Waals surface area contributed by atoms with Crippen LogP contribution in [0.15, 0.2) is 47.3 Å². The lowest BCUT2D eigenvalue weighted by Gasteiger charge is -2.27. The van der Waals surface area contributed by atoms with Crippen LogP contribution in [0.1, 0.15) is 18.2 Å². The number of fused-ring (bicyclic) bond motifs is 2. The van der Waals surface area contributed by atoms with E-state index in [2.05, 4.69) is 10.3 Å². The minimum atomic E-state index is -0.113. The second-order valence-corrected chi connectivity index (χ2v) is 7.50. The highest BCUT2D eigenvalue weighted by molar-refractivity contribution is 6.31. The van der Waals surface area contributed by atoms with Gasteiger partial charge in [0.15, 0.2) is 5.43 Å². The van der Waals surface area contributed by atoms with E-state index in [-0.39, 0.29) is 17.9 Å². The Hall–Kier alpha value is -2.83. The van der Waals surface area contributed by atoms with Crippen LogP contribution in [-0.4, -0.2) is 35.5 Å². The second-order valence-electron chi connectivity index (χ2n) is 7.07. The van der Waals surface area contributed by atoms with Crippen molar-refractivity contribution in [2.75, 3.05) is 25.0 Å². The third-order valence-electron chi connectivity index (χ3n) is 5.03. The van der Waals surface area contributed by atoms with Crippen LogP contribution < -0.4 is 15.5 Å². The Morgan fingerprint density at radius 2 is 2.03 bits per heavy atom. The largest absolute Gasteiger partial charge is 0.494 e. The Bertz CT molecular complexity index is 1110. The average Bonchev–Trinajstić information content (AvgIpc) is 2.71. The number of amides is 1. The normalized spacial score (nSPS) is 13.9. The van der Waals surface area contributed by atoms with E-state index in [9.17, 15) is 9.59 Å². The van der Waals surface area contributed by atoms with Gasteiger partial charge < -0.3 is 15.0 Å². The highest BCUT2D eigenvalue weighted by Gasteiger charge is 2.22. The summed E-state index contributed by atoms with van der Waals surface area (Å²) >= 11 is 6.05. The Labute approximate surface area is 173 Å². The van der Waals surface area contributed by atoms with Gasteiger partial charge in [-0.3, -0.25) is 14.5 Å². The first kappa shape index (κ1) is 19.5. The van der Waals surface area contributed by atoms with Gasteiger partial charge in [-0.25, -0.2) is 0 Å². The maximum atomic E-state index is 12.9. The van der Waals surface area contributed by atoms with Crippen molar-refractivity contribution < 1.29 is 9.53 Å². The Balaban J connectivity index is 1.45.